The minimum Gasteiger partial charge on any atom is -0.352 e. The molecular formula is C13H26N2O. The molecule has 0 saturated heterocycles. The van der Waals surface area contributed by atoms with E-state index >= 15 is 0 Å². The van der Waals surface area contributed by atoms with Crippen LogP contribution in [0.5, 0.6) is 0 Å². The Labute approximate surface area is 99.4 Å². The zero-order valence-electron chi connectivity index (χ0n) is 11.1. The number of likely N-dealkylation sites (N-methyl/N-ethyl adjacent to an activating group) is 1. The van der Waals surface area contributed by atoms with Gasteiger partial charge in [-0.05, 0) is 39.2 Å². The topological polar surface area (TPSA) is 41.1 Å². The molecule has 16 heavy (non-hydrogen) atoms. The number of carbonyl (C=O) groups excluding carboxylic acids is 1. The van der Waals surface area contributed by atoms with Gasteiger partial charge in [-0.2, -0.15) is 0 Å². The summed E-state index contributed by atoms with van der Waals surface area (Å²) in [5.41, 5.74) is -0.449. The molecule has 0 spiro atoms. The summed E-state index contributed by atoms with van der Waals surface area (Å²) >= 11 is 0. The van der Waals surface area contributed by atoms with E-state index in [-0.39, 0.29) is 5.91 Å². The van der Waals surface area contributed by atoms with Crippen LogP contribution in [0, 0.1) is 5.92 Å². The molecule has 0 bridgehead atoms. The highest BCUT2D eigenvalue weighted by atomic mass is 16.2. The molecular weight excluding hydrogens is 200 g/mol. The fourth-order valence-electron chi connectivity index (χ4n) is 2.45. The van der Waals surface area contributed by atoms with Gasteiger partial charge in [0.15, 0.2) is 0 Å². The van der Waals surface area contributed by atoms with Crippen molar-refractivity contribution in [1.29, 1.82) is 0 Å². The first-order valence-corrected chi connectivity index (χ1v) is 6.51. The van der Waals surface area contributed by atoms with Crippen molar-refractivity contribution in [3.05, 3.63) is 0 Å². The fraction of sp³-hybridized carbons (Fsp3) is 0.923. The summed E-state index contributed by atoms with van der Waals surface area (Å²) < 4.78 is 0. The van der Waals surface area contributed by atoms with Gasteiger partial charge in [-0.15, -0.1) is 0 Å². The highest BCUT2D eigenvalue weighted by Gasteiger charge is 2.29. The van der Waals surface area contributed by atoms with Gasteiger partial charge in [0.25, 0.3) is 0 Å². The number of hydrogen-bond donors (Lipinski definition) is 2. The van der Waals surface area contributed by atoms with Crippen LogP contribution in [0.3, 0.4) is 0 Å². The molecule has 0 aromatic carbocycles. The van der Waals surface area contributed by atoms with Gasteiger partial charge in [-0.25, -0.2) is 0 Å². The molecule has 1 rings (SSSR count). The quantitative estimate of drug-likeness (QED) is 0.770. The number of rotatable bonds is 4. The molecule has 0 heterocycles. The van der Waals surface area contributed by atoms with Crippen LogP contribution in [0.4, 0.5) is 0 Å². The SMILES string of the molecule is CCNC(C)(C)C(=O)NC1CCCC(C)C1. The summed E-state index contributed by atoms with van der Waals surface area (Å²) in [4.78, 5) is 12.1. The number of nitrogens with one attached hydrogen (secondary N) is 2. The Bertz CT molecular complexity index is 238. The van der Waals surface area contributed by atoms with Crippen LogP contribution < -0.4 is 10.6 Å². The first-order valence-electron chi connectivity index (χ1n) is 6.51. The summed E-state index contributed by atoms with van der Waals surface area (Å²) in [5.74, 6) is 0.884. The Morgan fingerprint density at radius 2 is 2.06 bits per heavy atom. The lowest BCUT2D eigenvalue weighted by atomic mass is 9.86. The van der Waals surface area contributed by atoms with E-state index in [1.54, 1.807) is 0 Å². The Balaban J connectivity index is 2.44. The van der Waals surface area contributed by atoms with E-state index in [2.05, 4.69) is 17.6 Å². The average molecular weight is 226 g/mol. The van der Waals surface area contributed by atoms with E-state index in [1.165, 1.54) is 12.8 Å². The second-order valence-corrected chi connectivity index (χ2v) is 5.60. The maximum atomic E-state index is 12.1. The van der Waals surface area contributed by atoms with E-state index in [9.17, 15) is 4.79 Å². The summed E-state index contributed by atoms with van der Waals surface area (Å²) in [5, 5.41) is 6.38. The van der Waals surface area contributed by atoms with Gasteiger partial charge < -0.3 is 10.6 Å². The molecule has 0 aromatic heterocycles. The molecule has 2 N–H and O–H groups in total. The first-order chi connectivity index (χ1) is 7.45. The largest absolute Gasteiger partial charge is 0.352 e. The lowest BCUT2D eigenvalue weighted by molar-refractivity contribution is -0.127. The second-order valence-electron chi connectivity index (χ2n) is 5.60. The van der Waals surface area contributed by atoms with Crippen LogP contribution >= 0.6 is 0 Å². The predicted molar refractivity (Wildman–Crippen MR) is 67.3 cm³/mol. The van der Waals surface area contributed by atoms with E-state index in [4.69, 9.17) is 0 Å². The van der Waals surface area contributed by atoms with Gasteiger partial charge in [0.2, 0.25) is 5.91 Å². The Kier molecular flexibility index (Phi) is 4.78. The number of carbonyl (C=O) groups is 1. The van der Waals surface area contributed by atoms with Crippen molar-refractivity contribution in [1.82, 2.24) is 10.6 Å². The first kappa shape index (κ1) is 13.5. The van der Waals surface area contributed by atoms with Crippen molar-refractivity contribution in [2.75, 3.05) is 6.54 Å². The zero-order valence-corrected chi connectivity index (χ0v) is 11.1. The van der Waals surface area contributed by atoms with Crippen LogP contribution in [0.25, 0.3) is 0 Å². The van der Waals surface area contributed by atoms with Crippen molar-refractivity contribution in [3.63, 3.8) is 0 Å². The highest BCUT2D eigenvalue weighted by Crippen LogP contribution is 2.23. The summed E-state index contributed by atoms with van der Waals surface area (Å²) in [6.07, 6.45) is 4.82. The molecule has 1 aliphatic rings. The van der Waals surface area contributed by atoms with Gasteiger partial charge in [0, 0.05) is 6.04 Å². The van der Waals surface area contributed by atoms with E-state index in [0.717, 1.165) is 25.3 Å². The molecule has 1 fully saturated rings. The van der Waals surface area contributed by atoms with Gasteiger partial charge in [-0.1, -0.05) is 26.7 Å². The van der Waals surface area contributed by atoms with Crippen LogP contribution in [-0.4, -0.2) is 24.0 Å². The third kappa shape index (κ3) is 3.78. The molecule has 94 valence electrons. The Morgan fingerprint density at radius 1 is 1.38 bits per heavy atom. The molecule has 3 heteroatoms. The van der Waals surface area contributed by atoms with Gasteiger partial charge in [0.1, 0.15) is 0 Å². The lowest BCUT2D eigenvalue weighted by Gasteiger charge is -2.31. The van der Waals surface area contributed by atoms with Crippen molar-refractivity contribution in [2.45, 2.75) is 65.0 Å². The van der Waals surface area contributed by atoms with Crippen LogP contribution in [0.1, 0.15) is 53.4 Å². The van der Waals surface area contributed by atoms with Gasteiger partial charge in [0.05, 0.1) is 5.54 Å². The molecule has 1 amide bonds. The monoisotopic (exact) mass is 226 g/mol. The zero-order chi connectivity index (χ0) is 12.2. The summed E-state index contributed by atoms with van der Waals surface area (Å²) in [7, 11) is 0. The minimum atomic E-state index is -0.449. The molecule has 0 aromatic rings. The minimum absolute atomic E-state index is 0.133. The van der Waals surface area contributed by atoms with Crippen molar-refractivity contribution in [2.24, 2.45) is 5.92 Å². The third-order valence-corrected chi connectivity index (χ3v) is 3.46. The normalized spacial score (nSPS) is 26.5. The van der Waals surface area contributed by atoms with Gasteiger partial charge >= 0.3 is 0 Å². The molecule has 1 saturated carbocycles. The lowest BCUT2D eigenvalue weighted by Crippen LogP contribution is -2.55. The van der Waals surface area contributed by atoms with E-state index < -0.39 is 5.54 Å². The van der Waals surface area contributed by atoms with E-state index in [0.29, 0.717) is 6.04 Å². The number of amides is 1. The Morgan fingerprint density at radius 3 is 2.62 bits per heavy atom. The molecule has 0 radical (unpaired) electrons. The van der Waals surface area contributed by atoms with Crippen LogP contribution in [0.15, 0.2) is 0 Å². The maximum Gasteiger partial charge on any atom is 0.239 e. The standard InChI is InChI=1S/C13H26N2O/c1-5-14-13(3,4)12(16)15-11-8-6-7-10(2)9-11/h10-11,14H,5-9H2,1-4H3,(H,15,16). The van der Waals surface area contributed by atoms with Crippen molar-refractivity contribution >= 4 is 5.91 Å². The van der Waals surface area contributed by atoms with E-state index in [1.807, 2.05) is 20.8 Å². The highest BCUT2D eigenvalue weighted by molar-refractivity contribution is 5.85. The molecule has 0 aliphatic heterocycles. The van der Waals surface area contributed by atoms with Crippen molar-refractivity contribution in [3.8, 4) is 0 Å². The number of hydrogen-bond acceptors (Lipinski definition) is 2. The maximum absolute atomic E-state index is 12.1. The third-order valence-electron chi connectivity index (χ3n) is 3.46. The molecule has 3 nitrogen and oxygen atoms in total. The van der Waals surface area contributed by atoms with Gasteiger partial charge in [-0.3, -0.25) is 4.79 Å². The summed E-state index contributed by atoms with van der Waals surface area (Å²) in [6, 6.07) is 0.384. The molecule has 2 atom stereocenters. The molecule has 2 unspecified atom stereocenters. The molecule has 1 aliphatic carbocycles. The average Bonchev–Trinajstić information content (AvgIpc) is 2.17. The Hall–Kier alpha value is -0.570. The van der Waals surface area contributed by atoms with Crippen LogP contribution in [-0.2, 0) is 4.79 Å². The summed E-state index contributed by atoms with van der Waals surface area (Å²) in [6.45, 7) is 9.00. The van der Waals surface area contributed by atoms with Crippen molar-refractivity contribution < 1.29 is 4.79 Å². The second kappa shape index (κ2) is 5.67. The smallest absolute Gasteiger partial charge is 0.239 e. The fourth-order valence-corrected chi connectivity index (χ4v) is 2.45. The van der Waals surface area contributed by atoms with Crippen LogP contribution in [0.2, 0.25) is 0 Å². The predicted octanol–water partition coefficient (Wildman–Crippen LogP) is 2.07.